The predicted molar refractivity (Wildman–Crippen MR) is 40.9 cm³/mol. The highest BCUT2D eigenvalue weighted by atomic mass is 16.5. The van der Waals surface area contributed by atoms with Crippen LogP contribution in [0.3, 0.4) is 0 Å². The number of ether oxygens (including phenoxy) is 1. The Bertz CT molecular complexity index is 192. The Morgan fingerprint density at radius 3 is 2.91 bits per heavy atom. The first-order valence-corrected chi connectivity index (χ1v) is 3.47. The molecule has 0 saturated heterocycles. The number of hydrogen-bond acceptors (Lipinski definition) is 3. The molecule has 0 radical (unpaired) electrons. The van der Waals surface area contributed by atoms with Gasteiger partial charge in [0, 0.05) is 12.7 Å². The van der Waals surface area contributed by atoms with Crippen LogP contribution in [-0.2, 0) is 4.74 Å². The Morgan fingerprint density at radius 1 is 1.64 bits per heavy atom. The molecule has 3 nitrogen and oxygen atoms in total. The van der Waals surface area contributed by atoms with E-state index < -0.39 is 5.79 Å². The largest absolute Gasteiger partial charge is 0.380 e. The molecule has 0 bridgehead atoms. The minimum atomic E-state index is -1.80. The van der Waals surface area contributed by atoms with Gasteiger partial charge in [-0.2, -0.15) is 0 Å². The van der Waals surface area contributed by atoms with Crippen LogP contribution in [0.4, 0.5) is 0 Å². The van der Waals surface area contributed by atoms with Gasteiger partial charge in [-0.3, -0.25) is 0 Å². The third-order valence-corrected chi connectivity index (χ3v) is 1.62. The zero-order valence-corrected chi connectivity index (χ0v) is 6.45. The van der Waals surface area contributed by atoms with E-state index in [2.05, 4.69) is 0 Å². The lowest BCUT2D eigenvalue weighted by molar-refractivity contribution is -0.0926. The first kappa shape index (κ1) is 8.46. The standard InChI is InChI=1S/C8H12O3/c1-11-6-7-4-2-3-5-8(7,9)10/h3-5,9-10H,2,6H2,1H3. The van der Waals surface area contributed by atoms with Gasteiger partial charge in [-0.05, 0) is 12.5 Å². The third-order valence-electron chi connectivity index (χ3n) is 1.62. The number of rotatable bonds is 2. The van der Waals surface area contributed by atoms with Crippen LogP contribution in [0.2, 0.25) is 0 Å². The molecule has 0 fully saturated rings. The van der Waals surface area contributed by atoms with Gasteiger partial charge in [0.25, 0.3) is 0 Å². The second-order valence-corrected chi connectivity index (χ2v) is 2.53. The van der Waals surface area contributed by atoms with Crippen molar-refractivity contribution in [1.82, 2.24) is 0 Å². The van der Waals surface area contributed by atoms with Crippen molar-refractivity contribution in [1.29, 1.82) is 0 Å². The average Bonchev–Trinajstić information content (AvgIpc) is 1.94. The summed E-state index contributed by atoms with van der Waals surface area (Å²) >= 11 is 0. The maximum absolute atomic E-state index is 9.29. The lowest BCUT2D eigenvalue weighted by Gasteiger charge is -2.23. The second kappa shape index (κ2) is 3.17. The van der Waals surface area contributed by atoms with Crippen LogP contribution in [0.15, 0.2) is 23.8 Å². The summed E-state index contributed by atoms with van der Waals surface area (Å²) < 4.78 is 4.79. The fourth-order valence-corrected chi connectivity index (χ4v) is 1.02. The van der Waals surface area contributed by atoms with E-state index in [1.807, 2.05) is 0 Å². The summed E-state index contributed by atoms with van der Waals surface area (Å²) in [6.07, 6.45) is 5.56. The minimum absolute atomic E-state index is 0.261. The lowest BCUT2D eigenvalue weighted by Crippen LogP contribution is -2.31. The molecule has 11 heavy (non-hydrogen) atoms. The van der Waals surface area contributed by atoms with Crippen LogP contribution in [0.5, 0.6) is 0 Å². The zero-order valence-electron chi connectivity index (χ0n) is 6.45. The van der Waals surface area contributed by atoms with Crippen molar-refractivity contribution in [2.24, 2.45) is 0 Å². The van der Waals surface area contributed by atoms with Crippen molar-refractivity contribution >= 4 is 0 Å². The monoisotopic (exact) mass is 156 g/mol. The molecule has 0 aromatic rings. The van der Waals surface area contributed by atoms with Gasteiger partial charge in [-0.1, -0.05) is 12.2 Å². The van der Waals surface area contributed by atoms with Crippen LogP contribution in [0.25, 0.3) is 0 Å². The number of allylic oxidation sites excluding steroid dienone is 2. The van der Waals surface area contributed by atoms with Crippen LogP contribution >= 0.6 is 0 Å². The molecule has 0 aromatic heterocycles. The smallest absolute Gasteiger partial charge is 0.208 e. The Hall–Kier alpha value is -0.640. The minimum Gasteiger partial charge on any atom is -0.380 e. The van der Waals surface area contributed by atoms with Crippen molar-refractivity contribution in [2.45, 2.75) is 12.2 Å². The Kier molecular flexibility index (Phi) is 2.44. The van der Waals surface area contributed by atoms with Crippen LogP contribution in [0.1, 0.15) is 6.42 Å². The first-order chi connectivity index (χ1) is 5.17. The van der Waals surface area contributed by atoms with E-state index in [0.29, 0.717) is 5.57 Å². The molecule has 0 amide bonds. The third kappa shape index (κ3) is 1.89. The molecule has 62 valence electrons. The lowest BCUT2D eigenvalue weighted by atomic mass is 10.0. The van der Waals surface area contributed by atoms with E-state index in [9.17, 15) is 10.2 Å². The predicted octanol–water partition coefficient (Wildman–Crippen LogP) is 0.200. The molecule has 1 aliphatic carbocycles. The molecule has 0 aromatic carbocycles. The highest BCUT2D eigenvalue weighted by Gasteiger charge is 2.26. The Labute approximate surface area is 65.6 Å². The fourth-order valence-electron chi connectivity index (χ4n) is 1.02. The maximum atomic E-state index is 9.29. The summed E-state index contributed by atoms with van der Waals surface area (Å²) in [7, 11) is 1.52. The SMILES string of the molecule is COCC1=CCC=CC1(O)O. The summed E-state index contributed by atoms with van der Waals surface area (Å²) in [6, 6.07) is 0. The molecule has 0 aliphatic heterocycles. The molecular weight excluding hydrogens is 144 g/mol. The van der Waals surface area contributed by atoms with Gasteiger partial charge in [-0.15, -0.1) is 0 Å². The highest BCUT2D eigenvalue weighted by Crippen LogP contribution is 2.20. The molecule has 1 rings (SSSR count). The fraction of sp³-hybridized carbons (Fsp3) is 0.500. The van der Waals surface area contributed by atoms with Gasteiger partial charge in [0.1, 0.15) is 0 Å². The molecule has 0 atom stereocenters. The van der Waals surface area contributed by atoms with Gasteiger partial charge in [-0.25, -0.2) is 0 Å². The van der Waals surface area contributed by atoms with E-state index in [0.717, 1.165) is 6.42 Å². The number of methoxy groups -OCH3 is 1. The highest BCUT2D eigenvalue weighted by molar-refractivity contribution is 5.25. The number of aliphatic hydroxyl groups is 2. The molecule has 0 saturated carbocycles. The Morgan fingerprint density at radius 2 is 2.36 bits per heavy atom. The van der Waals surface area contributed by atoms with E-state index in [1.165, 1.54) is 13.2 Å². The van der Waals surface area contributed by atoms with Gasteiger partial charge in [0.15, 0.2) is 0 Å². The summed E-state index contributed by atoms with van der Waals surface area (Å²) in [5, 5.41) is 18.6. The van der Waals surface area contributed by atoms with Crippen molar-refractivity contribution in [3.05, 3.63) is 23.8 Å². The summed E-state index contributed by atoms with van der Waals surface area (Å²) in [5.41, 5.74) is 0.502. The molecular formula is C8H12O3. The molecule has 0 spiro atoms. The molecule has 3 heteroatoms. The van der Waals surface area contributed by atoms with Crippen LogP contribution < -0.4 is 0 Å². The molecule has 2 N–H and O–H groups in total. The van der Waals surface area contributed by atoms with Gasteiger partial charge in [0.05, 0.1) is 6.61 Å². The van der Waals surface area contributed by atoms with Gasteiger partial charge < -0.3 is 14.9 Å². The first-order valence-electron chi connectivity index (χ1n) is 3.47. The van der Waals surface area contributed by atoms with Crippen molar-refractivity contribution in [3.8, 4) is 0 Å². The van der Waals surface area contributed by atoms with Crippen molar-refractivity contribution < 1.29 is 14.9 Å². The normalized spacial score (nSPS) is 21.5. The van der Waals surface area contributed by atoms with E-state index in [1.54, 1.807) is 12.2 Å². The average molecular weight is 156 g/mol. The molecule has 1 aliphatic rings. The van der Waals surface area contributed by atoms with Gasteiger partial charge in [0.2, 0.25) is 5.79 Å². The van der Waals surface area contributed by atoms with E-state index in [4.69, 9.17) is 4.74 Å². The molecule has 0 heterocycles. The van der Waals surface area contributed by atoms with Crippen LogP contribution in [-0.4, -0.2) is 29.7 Å². The van der Waals surface area contributed by atoms with Crippen molar-refractivity contribution in [2.75, 3.05) is 13.7 Å². The zero-order chi connectivity index (χ0) is 8.32. The van der Waals surface area contributed by atoms with E-state index in [-0.39, 0.29) is 6.61 Å². The molecule has 0 unspecified atom stereocenters. The topological polar surface area (TPSA) is 49.7 Å². The van der Waals surface area contributed by atoms with E-state index >= 15 is 0 Å². The second-order valence-electron chi connectivity index (χ2n) is 2.53. The Balaban J connectivity index is 2.69. The summed E-state index contributed by atoms with van der Waals surface area (Å²) in [4.78, 5) is 0. The summed E-state index contributed by atoms with van der Waals surface area (Å²) in [5.74, 6) is -1.80. The van der Waals surface area contributed by atoms with Gasteiger partial charge >= 0.3 is 0 Å². The number of hydrogen-bond donors (Lipinski definition) is 2. The maximum Gasteiger partial charge on any atom is 0.208 e. The van der Waals surface area contributed by atoms with Crippen LogP contribution in [0, 0.1) is 0 Å². The summed E-state index contributed by atoms with van der Waals surface area (Å²) in [6.45, 7) is 0.261. The van der Waals surface area contributed by atoms with Crippen molar-refractivity contribution in [3.63, 3.8) is 0 Å². The quantitative estimate of drug-likeness (QED) is 0.443.